The van der Waals surface area contributed by atoms with E-state index >= 15 is 0 Å². The van der Waals surface area contributed by atoms with Gasteiger partial charge in [-0.3, -0.25) is 14.9 Å². The van der Waals surface area contributed by atoms with Gasteiger partial charge in [-0.25, -0.2) is 4.39 Å². The summed E-state index contributed by atoms with van der Waals surface area (Å²) in [4.78, 5) is 21.6. The van der Waals surface area contributed by atoms with Gasteiger partial charge in [0.25, 0.3) is 5.69 Å². The minimum Gasteiger partial charge on any atom is -0.481 e. The Bertz CT molecular complexity index is 563. The van der Waals surface area contributed by atoms with Gasteiger partial charge in [0.15, 0.2) is 0 Å². The van der Waals surface area contributed by atoms with Crippen LogP contribution in [-0.2, 0) is 4.79 Å². The van der Waals surface area contributed by atoms with Crippen molar-refractivity contribution in [2.45, 2.75) is 32.2 Å². The lowest BCUT2D eigenvalue weighted by molar-refractivity contribution is -0.384. The van der Waals surface area contributed by atoms with Gasteiger partial charge in [0.2, 0.25) is 0 Å². The summed E-state index contributed by atoms with van der Waals surface area (Å²) in [5.41, 5.74) is -1.21. The molecule has 6 nitrogen and oxygen atoms in total. The van der Waals surface area contributed by atoms with E-state index in [9.17, 15) is 24.4 Å². The Labute approximate surface area is 114 Å². The van der Waals surface area contributed by atoms with Gasteiger partial charge in [0, 0.05) is 6.04 Å². The maximum Gasteiger partial charge on any atom is 0.311 e. The van der Waals surface area contributed by atoms with Crippen LogP contribution in [0.3, 0.4) is 0 Å². The van der Waals surface area contributed by atoms with Gasteiger partial charge >= 0.3 is 5.97 Å². The topological polar surface area (TPSA) is 92.5 Å². The molecule has 1 fully saturated rings. The predicted molar refractivity (Wildman–Crippen MR) is 70.1 cm³/mol. The Morgan fingerprint density at radius 2 is 2.30 bits per heavy atom. The summed E-state index contributed by atoms with van der Waals surface area (Å²) in [6, 6.07) is 2.80. The number of nitrogens with zero attached hydrogens (tertiary/aromatic N) is 1. The second kappa shape index (κ2) is 5.07. The minimum absolute atomic E-state index is 0.149. The molecular weight excluding hydrogens is 267 g/mol. The Morgan fingerprint density at radius 1 is 1.60 bits per heavy atom. The van der Waals surface area contributed by atoms with E-state index in [0.717, 1.165) is 18.6 Å². The van der Waals surface area contributed by atoms with Crippen molar-refractivity contribution in [1.29, 1.82) is 0 Å². The van der Waals surface area contributed by atoms with Crippen molar-refractivity contribution in [2.75, 3.05) is 5.32 Å². The molecule has 108 valence electrons. The van der Waals surface area contributed by atoms with Crippen molar-refractivity contribution >= 4 is 17.3 Å². The number of nitro groups is 1. The van der Waals surface area contributed by atoms with E-state index < -0.39 is 28.2 Å². The number of carbonyl (C=O) groups is 1. The number of rotatable bonds is 4. The summed E-state index contributed by atoms with van der Waals surface area (Å²) >= 11 is 0. The normalized spacial score (nSPS) is 25.4. The van der Waals surface area contributed by atoms with Crippen molar-refractivity contribution in [2.24, 2.45) is 5.41 Å². The van der Waals surface area contributed by atoms with Gasteiger partial charge in [-0.2, -0.15) is 0 Å². The molecule has 2 N–H and O–H groups in total. The lowest BCUT2D eigenvalue weighted by Gasteiger charge is -2.28. The summed E-state index contributed by atoms with van der Waals surface area (Å²) in [6.45, 7) is 1.62. The molecule has 20 heavy (non-hydrogen) atoms. The number of halogens is 1. The van der Waals surface area contributed by atoms with Crippen LogP contribution in [0, 0.1) is 21.3 Å². The zero-order valence-electron chi connectivity index (χ0n) is 10.9. The number of carboxylic acid groups (broad SMARTS) is 1. The predicted octanol–water partition coefficient (Wildman–Crippen LogP) is 2.79. The Kier molecular flexibility index (Phi) is 3.61. The number of anilines is 1. The second-order valence-electron chi connectivity index (χ2n) is 5.23. The van der Waals surface area contributed by atoms with Crippen molar-refractivity contribution in [3.8, 4) is 0 Å². The van der Waals surface area contributed by atoms with Crippen molar-refractivity contribution in [3.05, 3.63) is 34.1 Å². The number of benzene rings is 1. The van der Waals surface area contributed by atoms with Crippen LogP contribution in [-0.4, -0.2) is 22.0 Å². The smallest absolute Gasteiger partial charge is 0.311 e. The van der Waals surface area contributed by atoms with E-state index in [2.05, 4.69) is 5.32 Å². The monoisotopic (exact) mass is 282 g/mol. The maximum atomic E-state index is 13.1. The van der Waals surface area contributed by atoms with Gasteiger partial charge in [0.1, 0.15) is 11.5 Å². The fourth-order valence-corrected chi connectivity index (χ4v) is 2.62. The summed E-state index contributed by atoms with van der Waals surface area (Å²) < 4.78 is 13.1. The van der Waals surface area contributed by atoms with E-state index in [1.807, 2.05) is 0 Å². The van der Waals surface area contributed by atoms with E-state index in [1.54, 1.807) is 6.92 Å². The molecule has 1 aromatic rings. The number of nitrogens with one attached hydrogen (secondary N) is 1. The summed E-state index contributed by atoms with van der Waals surface area (Å²) in [7, 11) is 0. The van der Waals surface area contributed by atoms with Crippen molar-refractivity contribution in [1.82, 2.24) is 0 Å². The maximum absolute atomic E-state index is 13.1. The highest BCUT2D eigenvalue weighted by molar-refractivity contribution is 5.77. The van der Waals surface area contributed by atoms with Gasteiger partial charge < -0.3 is 10.4 Å². The first-order valence-corrected chi connectivity index (χ1v) is 6.28. The molecule has 1 aliphatic carbocycles. The van der Waals surface area contributed by atoms with Crippen LogP contribution in [0.2, 0.25) is 0 Å². The Morgan fingerprint density at radius 3 is 2.90 bits per heavy atom. The highest BCUT2D eigenvalue weighted by Crippen LogP contribution is 2.41. The largest absolute Gasteiger partial charge is 0.481 e. The molecule has 0 aliphatic heterocycles. The average molecular weight is 282 g/mol. The number of hydrogen-bond acceptors (Lipinski definition) is 4. The van der Waals surface area contributed by atoms with Crippen molar-refractivity contribution < 1.29 is 19.2 Å². The summed E-state index contributed by atoms with van der Waals surface area (Å²) in [5, 5.41) is 23.1. The number of hydrogen-bond donors (Lipinski definition) is 2. The van der Waals surface area contributed by atoms with Crippen LogP contribution in [0.25, 0.3) is 0 Å². The van der Waals surface area contributed by atoms with Crippen LogP contribution in [0.1, 0.15) is 26.2 Å². The van der Waals surface area contributed by atoms with Crippen molar-refractivity contribution in [3.63, 3.8) is 0 Å². The number of nitro benzene ring substituents is 1. The van der Waals surface area contributed by atoms with Gasteiger partial charge in [-0.05, 0) is 31.9 Å². The molecule has 0 spiro atoms. The molecule has 0 amide bonds. The lowest BCUT2D eigenvalue weighted by Crippen LogP contribution is -2.40. The summed E-state index contributed by atoms with van der Waals surface area (Å²) in [6.07, 6.45) is 1.85. The minimum atomic E-state index is -0.970. The van der Waals surface area contributed by atoms with Crippen LogP contribution in [0.5, 0.6) is 0 Å². The third-order valence-corrected chi connectivity index (χ3v) is 3.93. The van der Waals surface area contributed by atoms with Crippen LogP contribution < -0.4 is 5.32 Å². The van der Waals surface area contributed by atoms with E-state index in [0.29, 0.717) is 12.8 Å². The van der Waals surface area contributed by atoms with E-state index in [1.165, 1.54) is 6.07 Å². The molecule has 7 heteroatoms. The van der Waals surface area contributed by atoms with E-state index in [4.69, 9.17) is 0 Å². The second-order valence-corrected chi connectivity index (χ2v) is 5.23. The fourth-order valence-electron chi connectivity index (χ4n) is 2.62. The van der Waals surface area contributed by atoms with E-state index in [-0.39, 0.29) is 11.4 Å². The molecular formula is C13H15FN2O4. The van der Waals surface area contributed by atoms with Gasteiger partial charge in [-0.15, -0.1) is 0 Å². The third kappa shape index (κ3) is 2.43. The highest BCUT2D eigenvalue weighted by Gasteiger charge is 2.45. The molecule has 0 heterocycles. The fraction of sp³-hybridized carbons (Fsp3) is 0.462. The van der Waals surface area contributed by atoms with Gasteiger partial charge in [0.05, 0.1) is 16.4 Å². The van der Waals surface area contributed by atoms with Crippen LogP contribution >= 0.6 is 0 Å². The zero-order chi connectivity index (χ0) is 14.9. The molecule has 0 saturated heterocycles. The standard InChI is InChI=1S/C13H15FN2O4/c1-13(12(17)18)6-2-3-11(13)15-9-5-4-8(14)7-10(9)16(19)20/h4-5,7,11,15H,2-3,6H2,1H3,(H,17,18). The highest BCUT2D eigenvalue weighted by atomic mass is 19.1. The molecule has 2 atom stereocenters. The Balaban J connectivity index is 2.31. The first-order chi connectivity index (χ1) is 9.34. The third-order valence-electron chi connectivity index (χ3n) is 3.93. The zero-order valence-corrected chi connectivity index (χ0v) is 10.9. The average Bonchev–Trinajstić information content (AvgIpc) is 2.74. The molecule has 1 aromatic carbocycles. The number of aliphatic carboxylic acids is 1. The first kappa shape index (κ1) is 14.2. The summed E-state index contributed by atoms with van der Waals surface area (Å²) in [5.74, 6) is -1.63. The number of carboxylic acids is 1. The first-order valence-electron chi connectivity index (χ1n) is 6.28. The molecule has 1 aliphatic rings. The molecule has 0 aromatic heterocycles. The SMILES string of the molecule is CC1(C(=O)O)CCCC1Nc1ccc(F)cc1[N+](=O)[O-]. The quantitative estimate of drug-likeness (QED) is 0.654. The Hall–Kier alpha value is -2.18. The van der Waals surface area contributed by atoms with Gasteiger partial charge in [-0.1, -0.05) is 6.42 Å². The van der Waals surface area contributed by atoms with Crippen LogP contribution in [0.4, 0.5) is 15.8 Å². The van der Waals surface area contributed by atoms with Crippen LogP contribution in [0.15, 0.2) is 18.2 Å². The molecule has 0 bridgehead atoms. The molecule has 1 saturated carbocycles. The molecule has 0 radical (unpaired) electrons. The molecule has 2 unspecified atom stereocenters. The lowest BCUT2D eigenvalue weighted by atomic mass is 9.85. The molecule has 2 rings (SSSR count).